The zero-order valence-corrected chi connectivity index (χ0v) is 21.7. The van der Waals surface area contributed by atoms with E-state index < -0.39 is 23.7 Å². The zero-order chi connectivity index (χ0) is 27.8. The van der Waals surface area contributed by atoms with Gasteiger partial charge in [-0.15, -0.1) is 0 Å². The predicted molar refractivity (Wildman–Crippen MR) is 135 cm³/mol. The molecular weight excluding hydrogens is 546 g/mol. The molecule has 4 rings (SSSR count). The Balaban J connectivity index is 1.77. The number of amides is 2. The number of rotatable bonds is 6. The third-order valence-corrected chi connectivity index (χ3v) is 6.04. The molecule has 0 aliphatic heterocycles. The highest BCUT2D eigenvalue weighted by molar-refractivity contribution is 6.32. The maximum Gasteiger partial charge on any atom is 0.435 e. The highest BCUT2D eigenvalue weighted by atomic mass is 35.5. The summed E-state index contributed by atoms with van der Waals surface area (Å²) in [5.74, 6) is -1.02. The summed E-state index contributed by atoms with van der Waals surface area (Å²) in [4.78, 5) is 30.2. The van der Waals surface area contributed by atoms with Crippen LogP contribution in [0.15, 0.2) is 42.6 Å². The molecular formula is C24H20Cl2F3N7O2. The number of benzene rings is 1. The van der Waals surface area contributed by atoms with Crippen molar-refractivity contribution in [3.8, 4) is 5.82 Å². The van der Waals surface area contributed by atoms with E-state index in [1.165, 1.54) is 37.0 Å². The second-order valence-corrected chi connectivity index (χ2v) is 9.09. The van der Waals surface area contributed by atoms with Crippen LogP contribution in [-0.2, 0) is 12.7 Å². The van der Waals surface area contributed by atoms with Crippen molar-refractivity contribution in [2.45, 2.75) is 26.6 Å². The van der Waals surface area contributed by atoms with Gasteiger partial charge >= 0.3 is 6.18 Å². The first-order chi connectivity index (χ1) is 17.9. The van der Waals surface area contributed by atoms with Crippen molar-refractivity contribution >= 4 is 40.7 Å². The first-order valence-electron chi connectivity index (χ1n) is 11.0. The van der Waals surface area contributed by atoms with Gasteiger partial charge in [-0.2, -0.15) is 23.4 Å². The smallest absolute Gasteiger partial charge is 0.355 e. The van der Waals surface area contributed by atoms with Gasteiger partial charge in [0, 0.05) is 24.0 Å². The monoisotopic (exact) mass is 565 g/mol. The molecule has 0 aliphatic rings. The van der Waals surface area contributed by atoms with E-state index in [9.17, 15) is 22.8 Å². The number of nitrogens with zero attached hydrogens (tertiary/aromatic N) is 5. The van der Waals surface area contributed by atoms with Crippen LogP contribution < -0.4 is 10.6 Å². The second kappa shape index (κ2) is 10.5. The Morgan fingerprint density at radius 1 is 1.05 bits per heavy atom. The summed E-state index contributed by atoms with van der Waals surface area (Å²) < 4.78 is 41.7. The number of aromatic nitrogens is 5. The average molecular weight is 566 g/mol. The molecule has 0 bridgehead atoms. The molecule has 1 aromatic carbocycles. The zero-order valence-electron chi connectivity index (χ0n) is 20.2. The molecule has 0 aliphatic carbocycles. The summed E-state index contributed by atoms with van der Waals surface area (Å²) >= 11 is 12.4. The van der Waals surface area contributed by atoms with E-state index in [4.69, 9.17) is 23.2 Å². The Kier molecular flexibility index (Phi) is 7.47. The lowest BCUT2D eigenvalue weighted by molar-refractivity contribution is -0.141. The van der Waals surface area contributed by atoms with Crippen molar-refractivity contribution < 1.29 is 22.8 Å². The molecule has 14 heteroatoms. The van der Waals surface area contributed by atoms with Gasteiger partial charge < -0.3 is 10.6 Å². The summed E-state index contributed by atoms with van der Waals surface area (Å²) in [5.41, 5.74) is 0.284. The number of carbonyl (C=O) groups is 2. The van der Waals surface area contributed by atoms with Crippen LogP contribution in [0, 0.1) is 13.8 Å². The number of alkyl halides is 3. The lowest BCUT2D eigenvalue weighted by Gasteiger charge is -2.14. The van der Waals surface area contributed by atoms with Crippen LogP contribution in [0.2, 0.25) is 10.0 Å². The van der Waals surface area contributed by atoms with Crippen molar-refractivity contribution in [3.63, 3.8) is 0 Å². The van der Waals surface area contributed by atoms with Crippen molar-refractivity contribution in [2.75, 3.05) is 12.4 Å². The number of pyridine rings is 1. The maximum atomic E-state index is 13.5. The van der Waals surface area contributed by atoms with Gasteiger partial charge in [0.25, 0.3) is 11.8 Å². The van der Waals surface area contributed by atoms with Gasteiger partial charge in [-0.3, -0.25) is 14.3 Å². The SMILES string of the molecule is CNC(=O)c1cc(Cl)cc(C)c1NC(=O)c1cc(Cn2nc(C(F)(F)F)cc2C)nn1-c1ncccc1Cl. The van der Waals surface area contributed by atoms with Crippen LogP contribution in [0.25, 0.3) is 5.82 Å². The topological polar surface area (TPSA) is 107 Å². The van der Waals surface area contributed by atoms with Crippen molar-refractivity contribution in [1.82, 2.24) is 29.9 Å². The molecule has 0 fully saturated rings. The summed E-state index contributed by atoms with van der Waals surface area (Å²) in [6.07, 6.45) is -3.16. The van der Waals surface area contributed by atoms with Gasteiger partial charge in [-0.05, 0) is 55.8 Å². The molecule has 0 saturated heterocycles. The molecule has 2 N–H and O–H groups in total. The van der Waals surface area contributed by atoms with Crippen LogP contribution >= 0.6 is 23.2 Å². The van der Waals surface area contributed by atoms with E-state index in [2.05, 4.69) is 25.8 Å². The Morgan fingerprint density at radius 3 is 2.42 bits per heavy atom. The van der Waals surface area contributed by atoms with Crippen LogP contribution in [0.3, 0.4) is 0 Å². The summed E-state index contributed by atoms with van der Waals surface area (Å²) in [6, 6.07) is 8.45. The molecule has 4 aromatic rings. The van der Waals surface area contributed by atoms with E-state index in [0.717, 1.165) is 10.7 Å². The van der Waals surface area contributed by atoms with Crippen molar-refractivity contribution in [3.05, 3.63) is 86.5 Å². The fourth-order valence-electron chi connectivity index (χ4n) is 3.73. The number of hydrogen-bond donors (Lipinski definition) is 2. The molecule has 3 aromatic heterocycles. The molecule has 38 heavy (non-hydrogen) atoms. The first-order valence-corrected chi connectivity index (χ1v) is 11.8. The van der Waals surface area contributed by atoms with E-state index in [-0.39, 0.29) is 45.7 Å². The third kappa shape index (κ3) is 5.50. The molecule has 9 nitrogen and oxygen atoms in total. The minimum atomic E-state index is -4.61. The van der Waals surface area contributed by atoms with E-state index in [1.54, 1.807) is 25.1 Å². The molecule has 0 atom stereocenters. The van der Waals surface area contributed by atoms with E-state index >= 15 is 0 Å². The van der Waals surface area contributed by atoms with Crippen molar-refractivity contribution in [2.24, 2.45) is 0 Å². The molecule has 2 amide bonds. The van der Waals surface area contributed by atoms with Crippen molar-refractivity contribution in [1.29, 1.82) is 0 Å². The quantitative estimate of drug-likeness (QED) is 0.339. The molecule has 198 valence electrons. The fraction of sp³-hybridized carbons (Fsp3) is 0.208. The molecule has 0 unspecified atom stereocenters. The first kappa shape index (κ1) is 27.1. The number of halogens is 5. The molecule has 0 radical (unpaired) electrons. The van der Waals surface area contributed by atoms with Gasteiger partial charge in [0.2, 0.25) is 0 Å². The standard InChI is InChI=1S/C24H20Cl2F3N7O2/c1-12-7-14(25)9-16(22(37)30-3)20(12)32-23(38)18-10-15(33-36(18)21-17(26)5-4-6-31-21)11-35-13(2)8-19(34-35)24(27,28)29/h4-10H,11H2,1-3H3,(H,30,37)(H,32,38). The second-order valence-electron chi connectivity index (χ2n) is 8.25. The normalized spacial score (nSPS) is 11.5. The van der Waals surface area contributed by atoms with E-state index in [1.807, 2.05) is 0 Å². The summed E-state index contributed by atoms with van der Waals surface area (Å²) in [6.45, 7) is 2.99. The minimum absolute atomic E-state index is 0.0290. The van der Waals surface area contributed by atoms with Gasteiger partial charge in [-0.1, -0.05) is 23.2 Å². The summed E-state index contributed by atoms with van der Waals surface area (Å²) in [5, 5.41) is 13.7. The Morgan fingerprint density at radius 2 is 1.79 bits per heavy atom. The lowest BCUT2D eigenvalue weighted by atomic mass is 10.1. The number of carbonyl (C=O) groups excluding carboxylic acids is 2. The van der Waals surface area contributed by atoms with Gasteiger partial charge in [0.05, 0.1) is 28.5 Å². The van der Waals surface area contributed by atoms with Gasteiger partial charge in [0.1, 0.15) is 5.69 Å². The van der Waals surface area contributed by atoms with E-state index in [0.29, 0.717) is 10.6 Å². The Labute approximate surface area is 224 Å². The van der Waals surface area contributed by atoms with Gasteiger partial charge in [0.15, 0.2) is 11.5 Å². The average Bonchev–Trinajstić information content (AvgIpc) is 3.44. The molecule has 3 heterocycles. The summed E-state index contributed by atoms with van der Waals surface area (Å²) in [7, 11) is 1.44. The van der Waals surface area contributed by atoms with Crippen LogP contribution in [0.1, 0.15) is 43.5 Å². The Bertz CT molecular complexity index is 1550. The highest BCUT2D eigenvalue weighted by Crippen LogP contribution is 2.29. The van der Waals surface area contributed by atoms with Crippen LogP contribution in [0.4, 0.5) is 18.9 Å². The largest absolute Gasteiger partial charge is 0.435 e. The fourth-order valence-corrected chi connectivity index (χ4v) is 4.20. The molecule has 0 saturated carbocycles. The lowest BCUT2D eigenvalue weighted by Crippen LogP contribution is -2.23. The molecule has 0 spiro atoms. The maximum absolute atomic E-state index is 13.5. The predicted octanol–water partition coefficient (Wildman–Crippen LogP) is 5.07. The highest BCUT2D eigenvalue weighted by Gasteiger charge is 2.34. The number of nitrogens with one attached hydrogen (secondary N) is 2. The Hall–Kier alpha value is -3.90. The third-order valence-electron chi connectivity index (χ3n) is 5.53. The number of aryl methyl sites for hydroxylation is 2. The van der Waals surface area contributed by atoms with Crippen LogP contribution in [0.5, 0.6) is 0 Å². The van der Waals surface area contributed by atoms with Crippen LogP contribution in [-0.4, -0.2) is 43.4 Å². The minimum Gasteiger partial charge on any atom is -0.355 e. The number of hydrogen-bond acceptors (Lipinski definition) is 5. The number of anilines is 1. The van der Waals surface area contributed by atoms with Gasteiger partial charge in [-0.25, -0.2) is 9.67 Å².